The molecule has 1 atom stereocenters. The van der Waals surface area contributed by atoms with Crippen LogP contribution in [0.25, 0.3) is 0 Å². The Morgan fingerprint density at radius 2 is 1.61 bits per heavy atom. The lowest BCUT2D eigenvalue weighted by molar-refractivity contribution is -0.123. The molecule has 0 aromatic heterocycles. The molecular formula is C16H12Cl4N2O5S. The fourth-order valence-electron chi connectivity index (χ4n) is 2.00. The van der Waals surface area contributed by atoms with Crippen LogP contribution in [0.2, 0.25) is 20.1 Å². The van der Waals surface area contributed by atoms with Crippen molar-refractivity contribution in [3.8, 4) is 0 Å². The monoisotopic (exact) mass is 484 g/mol. The largest absolute Gasteiger partial charge is 0.449 e. The molecule has 12 heteroatoms. The van der Waals surface area contributed by atoms with E-state index >= 15 is 0 Å². The van der Waals surface area contributed by atoms with Crippen LogP contribution in [-0.4, -0.2) is 26.4 Å². The Morgan fingerprint density at radius 3 is 2.14 bits per heavy atom. The molecule has 28 heavy (non-hydrogen) atoms. The SMILES string of the molecule is CC(OC(=O)c1cc(S(N)(=O)=O)ccc1Cl)C(=O)Nc1c(Cl)cc(Cl)cc1Cl. The molecule has 0 bridgehead atoms. The first kappa shape index (κ1) is 22.7. The number of ether oxygens (including phenoxy) is 1. The number of primary sulfonamides is 1. The minimum absolute atomic E-state index is 0.0752. The molecule has 1 amide bonds. The first-order valence-corrected chi connectivity index (χ1v) is 10.4. The van der Waals surface area contributed by atoms with E-state index in [4.69, 9.17) is 56.3 Å². The van der Waals surface area contributed by atoms with Gasteiger partial charge in [-0.25, -0.2) is 18.4 Å². The van der Waals surface area contributed by atoms with E-state index in [2.05, 4.69) is 5.32 Å². The third kappa shape index (κ3) is 5.50. The van der Waals surface area contributed by atoms with Crippen molar-refractivity contribution in [1.82, 2.24) is 0 Å². The van der Waals surface area contributed by atoms with Crippen LogP contribution in [0.1, 0.15) is 17.3 Å². The second-order valence-corrected chi connectivity index (χ2v) is 8.69. The van der Waals surface area contributed by atoms with E-state index in [1.165, 1.54) is 25.1 Å². The molecule has 0 saturated heterocycles. The molecule has 0 radical (unpaired) electrons. The van der Waals surface area contributed by atoms with Gasteiger partial charge in [0.1, 0.15) is 0 Å². The van der Waals surface area contributed by atoms with E-state index in [9.17, 15) is 18.0 Å². The van der Waals surface area contributed by atoms with E-state index < -0.39 is 28.0 Å². The Labute approximate surface area is 180 Å². The molecule has 0 spiro atoms. The van der Waals surface area contributed by atoms with Crippen LogP contribution in [0.15, 0.2) is 35.2 Å². The van der Waals surface area contributed by atoms with Gasteiger partial charge in [0.25, 0.3) is 5.91 Å². The summed E-state index contributed by atoms with van der Waals surface area (Å²) < 4.78 is 27.9. The minimum Gasteiger partial charge on any atom is -0.449 e. The second kappa shape index (κ2) is 8.86. The van der Waals surface area contributed by atoms with Crippen molar-refractivity contribution in [2.75, 3.05) is 5.32 Å². The van der Waals surface area contributed by atoms with Gasteiger partial charge in [-0.3, -0.25) is 4.79 Å². The number of nitrogens with two attached hydrogens (primary N) is 1. The molecule has 0 heterocycles. The molecule has 150 valence electrons. The number of anilines is 1. The molecule has 0 saturated carbocycles. The maximum atomic E-state index is 12.3. The van der Waals surface area contributed by atoms with Gasteiger partial charge in [0.15, 0.2) is 6.10 Å². The summed E-state index contributed by atoms with van der Waals surface area (Å²) in [5.41, 5.74) is -0.176. The van der Waals surface area contributed by atoms with Gasteiger partial charge in [-0.1, -0.05) is 46.4 Å². The Hall–Kier alpha value is -1.55. The molecule has 2 aromatic carbocycles. The van der Waals surface area contributed by atoms with Gasteiger partial charge in [-0.2, -0.15) is 0 Å². The van der Waals surface area contributed by atoms with E-state index in [-0.39, 0.29) is 36.2 Å². The number of hydrogen-bond donors (Lipinski definition) is 2. The van der Waals surface area contributed by atoms with Crippen molar-refractivity contribution >= 4 is 74.0 Å². The Morgan fingerprint density at radius 1 is 1.04 bits per heavy atom. The number of carbonyl (C=O) groups is 2. The van der Waals surface area contributed by atoms with Gasteiger partial charge in [0.05, 0.1) is 31.2 Å². The normalized spacial score (nSPS) is 12.4. The summed E-state index contributed by atoms with van der Waals surface area (Å²) in [7, 11) is -4.06. The zero-order chi connectivity index (χ0) is 21.2. The first-order chi connectivity index (χ1) is 12.9. The van der Waals surface area contributed by atoms with Crippen LogP contribution in [-0.2, 0) is 19.6 Å². The molecule has 1 unspecified atom stereocenters. The van der Waals surface area contributed by atoms with Crippen LogP contribution in [0.4, 0.5) is 5.69 Å². The number of halogens is 4. The molecular weight excluding hydrogens is 474 g/mol. The van der Waals surface area contributed by atoms with E-state index in [0.717, 1.165) is 12.1 Å². The molecule has 3 N–H and O–H groups in total. The van der Waals surface area contributed by atoms with Crippen LogP contribution < -0.4 is 10.5 Å². The van der Waals surface area contributed by atoms with Gasteiger partial charge in [-0.15, -0.1) is 0 Å². The van der Waals surface area contributed by atoms with Gasteiger partial charge in [0, 0.05) is 5.02 Å². The smallest absolute Gasteiger partial charge is 0.340 e. The number of nitrogens with one attached hydrogen (secondary N) is 1. The summed E-state index contributed by atoms with van der Waals surface area (Å²) >= 11 is 23.7. The zero-order valence-corrected chi connectivity index (χ0v) is 17.8. The lowest BCUT2D eigenvalue weighted by Gasteiger charge is -2.16. The fraction of sp³-hybridized carbons (Fsp3) is 0.125. The molecule has 0 aliphatic rings. The third-order valence-corrected chi connectivity index (χ3v) is 5.45. The summed E-state index contributed by atoms with van der Waals surface area (Å²) in [5, 5.41) is 7.84. The Balaban J connectivity index is 2.18. The van der Waals surface area contributed by atoms with Crippen molar-refractivity contribution in [1.29, 1.82) is 0 Å². The predicted octanol–water partition coefficient (Wildman–Crippen LogP) is 4.13. The number of benzene rings is 2. The van der Waals surface area contributed by atoms with Crippen molar-refractivity contribution < 1.29 is 22.7 Å². The van der Waals surface area contributed by atoms with Gasteiger partial charge < -0.3 is 10.1 Å². The number of esters is 1. The van der Waals surface area contributed by atoms with Crippen molar-refractivity contribution in [2.24, 2.45) is 5.14 Å². The average molecular weight is 486 g/mol. The maximum Gasteiger partial charge on any atom is 0.340 e. The third-order valence-electron chi connectivity index (χ3n) is 3.39. The average Bonchev–Trinajstić information content (AvgIpc) is 2.56. The Bertz CT molecular complexity index is 1040. The number of sulfonamides is 1. The summed E-state index contributed by atoms with van der Waals surface area (Å²) in [6, 6.07) is 6.02. The molecule has 7 nitrogen and oxygen atoms in total. The number of carbonyl (C=O) groups excluding carboxylic acids is 2. The summed E-state index contributed by atoms with van der Waals surface area (Å²) in [6.07, 6.45) is -1.29. The number of rotatable bonds is 5. The highest BCUT2D eigenvalue weighted by atomic mass is 35.5. The number of amides is 1. The highest BCUT2D eigenvalue weighted by Crippen LogP contribution is 2.33. The molecule has 0 aliphatic carbocycles. The van der Waals surface area contributed by atoms with E-state index in [0.29, 0.717) is 0 Å². The summed E-state index contributed by atoms with van der Waals surface area (Å²) in [6.45, 7) is 1.29. The highest BCUT2D eigenvalue weighted by Gasteiger charge is 2.23. The Kier molecular flexibility index (Phi) is 7.19. The van der Waals surface area contributed by atoms with Gasteiger partial charge in [-0.05, 0) is 37.3 Å². The predicted molar refractivity (Wildman–Crippen MR) is 108 cm³/mol. The highest BCUT2D eigenvalue weighted by molar-refractivity contribution is 7.89. The number of hydrogen-bond acceptors (Lipinski definition) is 5. The first-order valence-electron chi connectivity index (χ1n) is 7.39. The van der Waals surface area contributed by atoms with Crippen LogP contribution in [0.3, 0.4) is 0 Å². The fourth-order valence-corrected chi connectivity index (χ4v) is 3.65. The second-order valence-electron chi connectivity index (χ2n) is 5.47. The summed E-state index contributed by atoms with van der Waals surface area (Å²) in [5.74, 6) is -1.76. The van der Waals surface area contributed by atoms with Crippen LogP contribution >= 0.6 is 46.4 Å². The summed E-state index contributed by atoms with van der Waals surface area (Å²) in [4.78, 5) is 24.3. The van der Waals surface area contributed by atoms with E-state index in [1.54, 1.807) is 0 Å². The molecule has 0 fully saturated rings. The topological polar surface area (TPSA) is 116 Å². The van der Waals surface area contributed by atoms with Crippen molar-refractivity contribution in [3.05, 3.63) is 56.0 Å². The van der Waals surface area contributed by atoms with Crippen molar-refractivity contribution in [2.45, 2.75) is 17.9 Å². The maximum absolute atomic E-state index is 12.3. The van der Waals surface area contributed by atoms with Crippen LogP contribution in [0.5, 0.6) is 0 Å². The quantitative estimate of drug-likeness (QED) is 0.617. The van der Waals surface area contributed by atoms with Crippen LogP contribution in [0, 0.1) is 0 Å². The molecule has 2 aromatic rings. The van der Waals surface area contributed by atoms with Crippen molar-refractivity contribution in [3.63, 3.8) is 0 Å². The minimum atomic E-state index is -4.06. The standard InChI is InChI=1S/C16H12Cl4N2O5S/c1-7(15(23)22-14-12(19)4-8(17)5-13(14)20)27-16(24)10-6-9(28(21,25)26)2-3-11(10)18/h2-7H,1H3,(H,22,23)(H2,21,25,26). The van der Waals surface area contributed by atoms with E-state index in [1.807, 2.05) is 0 Å². The van der Waals surface area contributed by atoms with Gasteiger partial charge in [0.2, 0.25) is 10.0 Å². The lowest BCUT2D eigenvalue weighted by Crippen LogP contribution is -2.30. The molecule has 0 aliphatic heterocycles. The molecule has 2 rings (SSSR count). The lowest BCUT2D eigenvalue weighted by atomic mass is 10.2. The van der Waals surface area contributed by atoms with Gasteiger partial charge >= 0.3 is 5.97 Å². The zero-order valence-electron chi connectivity index (χ0n) is 14.0.